The molecule has 60 heavy (non-hydrogen) atoms. The van der Waals surface area contributed by atoms with E-state index in [0.717, 1.165) is 33.6 Å². The predicted octanol–water partition coefficient (Wildman–Crippen LogP) is 17.9. The second kappa shape index (κ2) is 18.9. The summed E-state index contributed by atoms with van der Waals surface area (Å²) in [5.41, 5.74) is 12.9. The molecule has 0 aliphatic rings. The van der Waals surface area contributed by atoms with Gasteiger partial charge in [-0.25, -0.2) is 0 Å². The summed E-state index contributed by atoms with van der Waals surface area (Å²) >= 11 is 7.56. The third-order valence-corrected chi connectivity index (χ3v) is 14.0. The van der Waals surface area contributed by atoms with Crippen LogP contribution < -0.4 is 0 Å². The maximum atomic E-state index is 3.78. The van der Waals surface area contributed by atoms with Gasteiger partial charge < -0.3 is 9.13 Å². The van der Waals surface area contributed by atoms with Crippen LogP contribution in [-0.4, -0.2) is 9.13 Å². The average Bonchev–Trinajstić information content (AvgIpc) is 3.75. The van der Waals surface area contributed by atoms with Crippen molar-refractivity contribution < 1.29 is 0 Å². The van der Waals surface area contributed by atoms with Crippen LogP contribution >= 0.6 is 31.9 Å². The second-order valence-electron chi connectivity index (χ2n) is 18.7. The van der Waals surface area contributed by atoms with Gasteiger partial charge >= 0.3 is 0 Å². The van der Waals surface area contributed by atoms with E-state index in [9.17, 15) is 0 Å². The molecule has 0 amide bonds. The zero-order valence-corrected chi connectivity index (χ0v) is 39.7. The molecule has 4 heteroatoms. The van der Waals surface area contributed by atoms with E-state index in [2.05, 4.69) is 204 Å². The lowest BCUT2D eigenvalue weighted by molar-refractivity contribution is 0.437. The SMILES string of the molecule is CC(C)CCCC(C)CCc1cccc2c3cc(Br)ccc3n(-c3ccc(-c4ccc(-n5c6ccc(Br)cc6c6cccc(CCC(C)CCCC(C)C)c65)cc4)cc3)c12. The molecular weight excluding hydrogens is 860 g/mol. The van der Waals surface area contributed by atoms with Crippen LogP contribution in [0.4, 0.5) is 0 Å². The van der Waals surface area contributed by atoms with Gasteiger partial charge in [0.25, 0.3) is 0 Å². The summed E-state index contributed by atoms with van der Waals surface area (Å²) in [4.78, 5) is 0. The van der Waals surface area contributed by atoms with Crippen LogP contribution in [-0.2, 0) is 12.8 Å². The summed E-state index contributed by atoms with van der Waals surface area (Å²) in [6.07, 6.45) is 12.5. The molecule has 0 bridgehead atoms. The molecule has 8 aromatic rings. The number of nitrogens with zero attached hydrogens (tertiary/aromatic N) is 2. The summed E-state index contributed by atoms with van der Waals surface area (Å²) in [6, 6.07) is 45.8. The second-order valence-corrected chi connectivity index (χ2v) is 20.5. The molecule has 2 atom stereocenters. The van der Waals surface area contributed by atoms with Gasteiger partial charge in [0.2, 0.25) is 0 Å². The van der Waals surface area contributed by atoms with Gasteiger partial charge in [-0.15, -0.1) is 0 Å². The highest BCUT2D eigenvalue weighted by Crippen LogP contribution is 2.39. The molecule has 2 unspecified atom stereocenters. The minimum Gasteiger partial charge on any atom is -0.309 e. The number of rotatable bonds is 17. The van der Waals surface area contributed by atoms with Crippen LogP contribution in [0.25, 0.3) is 66.1 Å². The molecular formula is C56H62Br2N2. The first-order chi connectivity index (χ1) is 29.0. The highest BCUT2D eigenvalue weighted by atomic mass is 79.9. The van der Waals surface area contributed by atoms with Crippen LogP contribution in [0, 0.1) is 23.7 Å². The van der Waals surface area contributed by atoms with Gasteiger partial charge in [-0.2, -0.15) is 0 Å². The first kappa shape index (κ1) is 42.6. The van der Waals surface area contributed by atoms with Gasteiger partial charge in [0.1, 0.15) is 0 Å². The van der Waals surface area contributed by atoms with E-state index in [4.69, 9.17) is 0 Å². The van der Waals surface area contributed by atoms with Crippen molar-refractivity contribution in [1.29, 1.82) is 0 Å². The Hall–Kier alpha value is -4.12. The van der Waals surface area contributed by atoms with Crippen LogP contribution in [0.2, 0.25) is 0 Å². The van der Waals surface area contributed by atoms with Gasteiger partial charge in [0.05, 0.1) is 22.1 Å². The fraction of sp³-hybridized carbons (Fsp3) is 0.357. The normalized spacial score (nSPS) is 13.2. The number of aryl methyl sites for hydroxylation is 2. The molecule has 310 valence electrons. The smallest absolute Gasteiger partial charge is 0.0573 e. The molecule has 0 N–H and O–H groups in total. The number of hydrogen-bond donors (Lipinski definition) is 0. The number of para-hydroxylation sites is 2. The summed E-state index contributed by atoms with van der Waals surface area (Å²) in [7, 11) is 0. The lowest BCUT2D eigenvalue weighted by atomic mass is 9.93. The molecule has 2 heterocycles. The molecule has 0 aliphatic carbocycles. The minimum absolute atomic E-state index is 0.717. The largest absolute Gasteiger partial charge is 0.309 e. The number of hydrogen-bond acceptors (Lipinski definition) is 0. The van der Waals surface area contributed by atoms with Crippen molar-refractivity contribution in [2.24, 2.45) is 23.7 Å². The topological polar surface area (TPSA) is 9.86 Å². The Bertz CT molecular complexity index is 2520. The highest BCUT2D eigenvalue weighted by molar-refractivity contribution is 9.10. The van der Waals surface area contributed by atoms with Crippen molar-refractivity contribution >= 4 is 75.5 Å². The van der Waals surface area contributed by atoms with Crippen LogP contribution in [0.3, 0.4) is 0 Å². The number of aromatic nitrogens is 2. The zero-order chi connectivity index (χ0) is 41.9. The Balaban J connectivity index is 1.10. The summed E-state index contributed by atoms with van der Waals surface area (Å²) in [5, 5.41) is 5.24. The molecule has 0 radical (unpaired) electrons. The van der Waals surface area contributed by atoms with Crippen molar-refractivity contribution in [1.82, 2.24) is 9.13 Å². The van der Waals surface area contributed by atoms with E-state index in [1.165, 1.54) is 129 Å². The number of fused-ring (bicyclic) bond motifs is 6. The Morgan fingerprint density at radius 3 is 1.20 bits per heavy atom. The van der Waals surface area contributed by atoms with Crippen molar-refractivity contribution in [3.8, 4) is 22.5 Å². The molecule has 0 aliphatic heterocycles. The summed E-state index contributed by atoms with van der Waals surface area (Å²) in [5.74, 6) is 2.99. The van der Waals surface area contributed by atoms with E-state index in [1.54, 1.807) is 0 Å². The molecule has 0 spiro atoms. The minimum atomic E-state index is 0.717. The van der Waals surface area contributed by atoms with Gasteiger partial charge in [0.15, 0.2) is 0 Å². The first-order valence-electron chi connectivity index (χ1n) is 22.7. The third kappa shape index (κ3) is 9.21. The monoisotopic (exact) mass is 920 g/mol. The number of benzene rings is 6. The van der Waals surface area contributed by atoms with Crippen LogP contribution in [0.5, 0.6) is 0 Å². The lowest BCUT2D eigenvalue weighted by Crippen LogP contribution is -2.02. The lowest BCUT2D eigenvalue weighted by Gasteiger charge is -2.15. The molecule has 8 rings (SSSR count). The van der Waals surface area contributed by atoms with Crippen molar-refractivity contribution in [3.63, 3.8) is 0 Å². The van der Waals surface area contributed by atoms with Crippen molar-refractivity contribution in [2.75, 3.05) is 0 Å². The van der Waals surface area contributed by atoms with Crippen LogP contribution in [0.15, 0.2) is 130 Å². The molecule has 6 aromatic carbocycles. The Morgan fingerprint density at radius 2 is 0.817 bits per heavy atom. The standard InChI is InChI=1S/C56H62Br2N2/c1-37(2)11-7-13-39(5)19-21-43-15-9-17-49-51-35-45(57)27-33-53(51)59(55(43)49)47-29-23-41(24-30-47)42-25-31-48(32-26-42)60-54-34-28-46(58)36-52(54)50-18-10-16-44(56(50)60)22-20-40(6)14-8-12-38(3)4/h9-10,15-18,23-40H,7-8,11-14,19-22H2,1-6H3. The maximum Gasteiger partial charge on any atom is 0.0573 e. The molecule has 0 fully saturated rings. The van der Waals surface area contributed by atoms with Gasteiger partial charge in [-0.05, 0) is 132 Å². The first-order valence-corrected chi connectivity index (χ1v) is 24.3. The fourth-order valence-corrected chi connectivity index (χ4v) is 10.3. The van der Waals surface area contributed by atoms with E-state index in [0.29, 0.717) is 11.8 Å². The summed E-state index contributed by atoms with van der Waals surface area (Å²) in [6.45, 7) is 14.2. The summed E-state index contributed by atoms with van der Waals surface area (Å²) < 4.78 is 7.24. The van der Waals surface area contributed by atoms with Crippen molar-refractivity contribution in [2.45, 2.75) is 106 Å². The fourth-order valence-electron chi connectivity index (χ4n) is 9.61. The quantitative estimate of drug-likeness (QED) is 0.0861. The zero-order valence-electron chi connectivity index (χ0n) is 36.6. The number of halogens is 2. The van der Waals surface area contributed by atoms with E-state index in [1.807, 2.05) is 0 Å². The highest BCUT2D eigenvalue weighted by Gasteiger charge is 2.19. The molecule has 0 saturated heterocycles. The van der Waals surface area contributed by atoms with Crippen molar-refractivity contribution in [3.05, 3.63) is 141 Å². The van der Waals surface area contributed by atoms with E-state index in [-0.39, 0.29) is 0 Å². The Morgan fingerprint density at radius 1 is 0.417 bits per heavy atom. The Labute approximate surface area is 375 Å². The molecule has 2 nitrogen and oxygen atoms in total. The maximum absolute atomic E-state index is 3.78. The third-order valence-electron chi connectivity index (χ3n) is 13.0. The van der Waals surface area contributed by atoms with Crippen LogP contribution in [0.1, 0.15) is 104 Å². The Kier molecular flexibility index (Phi) is 13.4. The van der Waals surface area contributed by atoms with E-state index < -0.39 is 0 Å². The molecule has 0 saturated carbocycles. The van der Waals surface area contributed by atoms with E-state index >= 15 is 0 Å². The predicted molar refractivity (Wildman–Crippen MR) is 268 cm³/mol. The van der Waals surface area contributed by atoms with Gasteiger partial charge in [-0.3, -0.25) is 0 Å². The average molecular weight is 923 g/mol. The van der Waals surface area contributed by atoms with Gasteiger partial charge in [0, 0.05) is 41.9 Å². The molecule has 2 aromatic heterocycles. The van der Waals surface area contributed by atoms with Gasteiger partial charge in [-0.1, -0.05) is 173 Å².